The summed E-state index contributed by atoms with van der Waals surface area (Å²) in [7, 11) is -2.05. The van der Waals surface area contributed by atoms with Crippen LogP contribution >= 0.6 is 11.3 Å². The van der Waals surface area contributed by atoms with Gasteiger partial charge in [0.2, 0.25) is 10.0 Å². The van der Waals surface area contributed by atoms with Crippen molar-refractivity contribution in [2.75, 3.05) is 19.0 Å². The number of anilines is 2. The molecule has 5 aromatic rings. The second-order valence-electron chi connectivity index (χ2n) is 9.16. The maximum atomic E-state index is 13.0. The molecule has 8 nitrogen and oxygen atoms in total. The standard InChI is InChI=1S/C29H29N5O3S2/c1-19-9-12-23(13-10-19)39(35,36)31-17-25(21-7-5-4-6-8-21)26-18-38-29(34-26)33-22-11-14-24(27(15-22)37-3)28-30-16-20(2)32-28/h4-16,18,25,31H,17H2,1-3H3,(H,30,32)(H,33,34)/t25-/m0/s1. The lowest BCUT2D eigenvalue weighted by atomic mass is 9.97. The predicted molar refractivity (Wildman–Crippen MR) is 155 cm³/mol. The lowest BCUT2D eigenvalue weighted by Crippen LogP contribution is -2.29. The van der Waals surface area contributed by atoms with Gasteiger partial charge in [-0.15, -0.1) is 11.3 Å². The van der Waals surface area contributed by atoms with E-state index in [1.54, 1.807) is 37.6 Å². The van der Waals surface area contributed by atoms with Crippen molar-refractivity contribution in [2.45, 2.75) is 24.7 Å². The van der Waals surface area contributed by atoms with Gasteiger partial charge in [0.25, 0.3) is 0 Å². The number of H-pyrrole nitrogens is 1. The van der Waals surface area contributed by atoms with Gasteiger partial charge in [-0.1, -0.05) is 48.0 Å². The fourth-order valence-electron chi connectivity index (χ4n) is 4.21. The first-order chi connectivity index (χ1) is 18.8. The van der Waals surface area contributed by atoms with Gasteiger partial charge in [-0.2, -0.15) is 0 Å². The molecule has 5 rings (SSSR count). The number of benzene rings is 3. The van der Waals surface area contributed by atoms with Crippen LogP contribution in [0, 0.1) is 13.8 Å². The molecular formula is C29H29N5O3S2. The number of nitrogens with zero attached hydrogens (tertiary/aromatic N) is 2. The SMILES string of the molecule is COc1cc(Nc2nc([C@@H](CNS(=O)(=O)c3ccc(C)cc3)c3ccccc3)cs2)ccc1-c1ncc(C)[nH]1. The fourth-order valence-corrected chi connectivity index (χ4v) is 6.04. The Balaban J connectivity index is 1.37. The zero-order valence-corrected chi connectivity index (χ0v) is 23.4. The summed E-state index contributed by atoms with van der Waals surface area (Å²) in [6.07, 6.45) is 1.78. The van der Waals surface area contributed by atoms with Crippen molar-refractivity contribution in [1.82, 2.24) is 19.7 Å². The zero-order chi connectivity index (χ0) is 27.4. The molecule has 0 bridgehead atoms. The smallest absolute Gasteiger partial charge is 0.240 e. The summed E-state index contributed by atoms with van der Waals surface area (Å²) in [4.78, 5) is 12.7. The number of aromatic amines is 1. The van der Waals surface area contributed by atoms with Crippen molar-refractivity contribution >= 4 is 32.2 Å². The van der Waals surface area contributed by atoms with Gasteiger partial charge in [-0.3, -0.25) is 0 Å². The number of imidazole rings is 1. The monoisotopic (exact) mass is 559 g/mol. The van der Waals surface area contributed by atoms with Crippen LogP contribution in [0.5, 0.6) is 5.75 Å². The van der Waals surface area contributed by atoms with Gasteiger partial charge in [0, 0.05) is 41.5 Å². The maximum absolute atomic E-state index is 13.0. The molecule has 0 aliphatic heterocycles. The van der Waals surface area contributed by atoms with Crippen LogP contribution in [0.2, 0.25) is 0 Å². The van der Waals surface area contributed by atoms with E-state index in [2.05, 4.69) is 20.0 Å². The second kappa shape index (κ2) is 11.4. The second-order valence-corrected chi connectivity index (χ2v) is 11.8. The summed E-state index contributed by atoms with van der Waals surface area (Å²) < 4.78 is 34.4. The first kappa shape index (κ1) is 26.6. The third-order valence-electron chi connectivity index (χ3n) is 6.30. The minimum atomic E-state index is -3.67. The number of aryl methyl sites for hydroxylation is 2. The van der Waals surface area contributed by atoms with Crippen LogP contribution in [-0.2, 0) is 10.0 Å². The summed E-state index contributed by atoms with van der Waals surface area (Å²) >= 11 is 1.46. The highest BCUT2D eigenvalue weighted by Gasteiger charge is 2.22. The number of hydrogen-bond donors (Lipinski definition) is 3. The lowest BCUT2D eigenvalue weighted by molar-refractivity contribution is 0.416. The molecular weight excluding hydrogens is 530 g/mol. The molecule has 0 unspecified atom stereocenters. The molecule has 3 aromatic carbocycles. The topological polar surface area (TPSA) is 109 Å². The Morgan fingerprint density at radius 1 is 1.03 bits per heavy atom. The highest BCUT2D eigenvalue weighted by molar-refractivity contribution is 7.89. The Kier molecular flexibility index (Phi) is 7.78. The van der Waals surface area contributed by atoms with E-state index >= 15 is 0 Å². The first-order valence-electron chi connectivity index (χ1n) is 12.4. The number of sulfonamides is 1. The van der Waals surface area contributed by atoms with Gasteiger partial charge in [0.15, 0.2) is 5.13 Å². The van der Waals surface area contributed by atoms with Gasteiger partial charge < -0.3 is 15.0 Å². The Morgan fingerprint density at radius 3 is 2.49 bits per heavy atom. The van der Waals surface area contributed by atoms with Crippen molar-refractivity contribution in [3.05, 3.63) is 107 Å². The van der Waals surface area contributed by atoms with E-state index in [9.17, 15) is 8.42 Å². The van der Waals surface area contributed by atoms with E-state index < -0.39 is 10.0 Å². The summed E-state index contributed by atoms with van der Waals surface area (Å²) in [6, 6.07) is 22.4. The Morgan fingerprint density at radius 2 is 1.79 bits per heavy atom. The molecule has 10 heteroatoms. The van der Waals surface area contributed by atoms with Crippen LogP contribution in [0.3, 0.4) is 0 Å². The minimum Gasteiger partial charge on any atom is -0.496 e. The minimum absolute atomic E-state index is 0.175. The highest BCUT2D eigenvalue weighted by Crippen LogP contribution is 2.34. The molecule has 0 radical (unpaired) electrons. The van der Waals surface area contributed by atoms with E-state index in [-0.39, 0.29) is 17.4 Å². The van der Waals surface area contributed by atoms with Gasteiger partial charge >= 0.3 is 0 Å². The average molecular weight is 560 g/mol. The molecule has 1 atom stereocenters. The predicted octanol–water partition coefficient (Wildman–Crippen LogP) is 6.01. The molecule has 0 fully saturated rings. The molecule has 200 valence electrons. The van der Waals surface area contributed by atoms with Crippen molar-refractivity contribution in [3.63, 3.8) is 0 Å². The zero-order valence-electron chi connectivity index (χ0n) is 21.8. The molecule has 0 saturated heterocycles. The van der Waals surface area contributed by atoms with Crippen molar-refractivity contribution in [1.29, 1.82) is 0 Å². The van der Waals surface area contributed by atoms with Crippen LogP contribution < -0.4 is 14.8 Å². The number of nitrogens with one attached hydrogen (secondary N) is 3. The Labute approximate surface area is 232 Å². The fraction of sp³-hybridized carbons (Fsp3) is 0.172. The summed E-state index contributed by atoms with van der Waals surface area (Å²) in [5.41, 5.74) is 5.40. The molecule has 39 heavy (non-hydrogen) atoms. The molecule has 3 N–H and O–H groups in total. The van der Waals surface area contributed by atoms with E-state index in [0.717, 1.165) is 39.6 Å². The summed E-state index contributed by atoms with van der Waals surface area (Å²) in [6.45, 7) is 4.05. The number of ether oxygens (including phenoxy) is 1. The van der Waals surface area contributed by atoms with Crippen LogP contribution in [0.4, 0.5) is 10.8 Å². The molecule has 2 heterocycles. The van der Waals surface area contributed by atoms with E-state index in [1.807, 2.05) is 67.8 Å². The van der Waals surface area contributed by atoms with Gasteiger partial charge in [-0.05, 0) is 43.7 Å². The third-order valence-corrected chi connectivity index (χ3v) is 8.52. The molecule has 0 spiro atoms. The van der Waals surface area contributed by atoms with Crippen LogP contribution in [-0.4, -0.2) is 37.0 Å². The molecule has 0 aliphatic rings. The lowest BCUT2D eigenvalue weighted by Gasteiger charge is -2.17. The highest BCUT2D eigenvalue weighted by atomic mass is 32.2. The van der Waals surface area contributed by atoms with Gasteiger partial charge in [0.05, 0.1) is 23.3 Å². The molecule has 0 amide bonds. The number of thiazole rings is 1. The van der Waals surface area contributed by atoms with Crippen LogP contribution in [0.25, 0.3) is 11.4 Å². The maximum Gasteiger partial charge on any atom is 0.240 e. The van der Waals surface area contributed by atoms with Crippen LogP contribution in [0.15, 0.2) is 89.3 Å². The van der Waals surface area contributed by atoms with Gasteiger partial charge in [0.1, 0.15) is 11.6 Å². The molecule has 2 aromatic heterocycles. The summed E-state index contributed by atoms with van der Waals surface area (Å²) in [5.74, 6) is 1.15. The van der Waals surface area contributed by atoms with Crippen molar-refractivity contribution in [2.24, 2.45) is 0 Å². The van der Waals surface area contributed by atoms with Crippen LogP contribution in [0.1, 0.15) is 28.4 Å². The number of hydrogen-bond acceptors (Lipinski definition) is 7. The number of methoxy groups -OCH3 is 1. The first-order valence-corrected chi connectivity index (χ1v) is 14.7. The van der Waals surface area contributed by atoms with E-state index in [0.29, 0.717) is 10.9 Å². The van der Waals surface area contributed by atoms with Crippen molar-refractivity contribution in [3.8, 4) is 17.1 Å². The largest absolute Gasteiger partial charge is 0.496 e. The third kappa shape index (κ3) is 6.19. The number of rotatable bonds is 10. The summed E-state index contributed by atoms with van der Waals surface area (Å²) in [5, 5.41) is 6.00. The Hall–Kier alpha value is -3.99. The number of aromatic nitrogens is 3. The van der Waals surface area contributed by atoms with Crippen molar-refractivity contribution < 1.29 is 13.2 Å². The Bertz CT molecular complexity index is 1660. The van der Waals surface area contributed by atoms with E-state index in [1.165, 1.54) is 11.3 Å². The van der Waals surface area contributed by atoms with E-state index in [4.69, 9.17) is 9.72 Å². The average Bonchev–Trinajstić information content (AvgIpc) is 3.58. The van der Waals surface area contributed by atoms with Gasteiger partial charge in [-0.25, -0.2) is 23.1 Å². The molecule has 0 saturated carbocycles. The normalized spacial score (nSPS) is 12.3. The molecule has 0 aliphatic carbocycles. The quantitative estimate of drug-likeness (QED) is 0.193.